The molecule has 5 heteroatoms. The second-order valence-electron chi connectivity index (χ2n) is 5.59. The van der Waals surface area contributed by atoms with Crippen LogP contribution in [-0.4, -0.2) is 34.3 Å². The molecule has 0 saturated heterocycles. The van der Waals surface area contributed by atoms with E-state index in [0.29, 0.717) is 19.1 Å². The molecule has 0 aliphatic heterocycles. The smallest absolute Gasteiger partial charge is 0.354 e. The molecule has 0 radical (unpaired) electrons. The molecule has 0 fully saturated rings. The topological polar surface area (TPSA) is 75.2 Å². The van der Waals surface area contributed by atoms with Crippen molar-refractivity contribution in [2.45, 2.75) is 39.0 Å². The summed E-state index contributed by atoms with van der Waals surface area (Å²) < 4.78 is 5.62. The van der Waals surface area contributed by atoms with Crippen molar-refractivity contribution in [1.82, 2.24) is 9.97 Å². The SMILES string of the molecule is CCOCC1CCCc2[nH]c3cnc(C(=O)O)c(C)c3c21. The Balaban J connectivity index is 2.18. The molecular weight excluding hydrogens is 268 g/mol. The van der Waals surface area contributed by atoms with Gasteiger partial charge in [-0.05, 0) is 44.2 Å². The standard InChI is InChI=1S/C16H20N2O3/c1-3-21-8-10-5-4-6-11-14(10)13-9(2)15(16(19)20)17-7-12(13)18-11/h7,10,18H,3-6,8H2,1-2H3,(H,19,20). The largest absolute Gasteiger partial charge is 0.477 e. The lowest BCUT2D eigenvalue weighted by molar-refractivity contribution is 0.0690. The first-order valence-electron chi connectivity index (χ1n) is 7.44. The van der Waals surface area contributed by atoms with Crippen LogP contribution in [0.5, 0.6) is 0 Å². The minimum Gasteiger partial charge on any atom is -0.477 e. The summed E-state index contributed by atoms with van der Waals surface area (Å²) in [7, 11) is 0. The van der Waals surface area contributed by atoms with Gasteiger partial charge in [-0.2, -0.15) is 0 Å². The van der Waals surface area contributed by atoms with E-state index in [1.54, 1.807) is 6.20 Å². The Bertz CT molecular complexity index is 690. The van der Waals surface area contributed by atoms with Gasteiger partial charge in [0.15, 0.2) is 5.69 Å². The van der Waals surface area contributed by atoms with Gasteiger partial charge in [0.2, 0.25) is 0 Å². The van der Waals surface area contributed by atoms with Crippen LogP contribution in [0.1, 0.15) is 53.0 Å². The Labute approximate surface area is 123 Å². The molecule has 2 N–H and O–H groups in total. The summed E-state index contributed by atoms with van der Waals surface area (Å²) in [6.45, 7) is 5.24. The van der Waals surface area contributed by atoms with E-state index in [1.165, 1.54) is 11.3 Å². The summed E-state index contributed by atoms with van der Waals surface area (Å²) >= 11 is 0. The number of carbonyl (C=O) groups is 1. The van der Waals surface area contributed by atoms with Crippen molar-refractivity contribution in [3.63, 3.8) is 0 Å². The first-order valence-corrected chi connectivity index (χ1v) is 7.44. The molecule has 0 aromatic carbocycles. The summed E-state index contributed by atoms with van der Waals surface area (Å²) in [6.07, 6.45) is 4.87. The van der Waals surface area contributed by atoms with E-state index >= 15 is 0 Å². The molecule has 2 heterocycles. The van der Waals surface area contributed by atoms with Crippen molar-refractivity contribution in [1.29, 1.82) is 0 Å². The number of fused-ring (bicyclic) bond motifs is 3. The van der Waals surface area contributed by atoms with Gasteiger partial charge >= 0.3 is 5.97 Å². The highest BCUT2D eigenvalue weighted by Gasteiger charge is 2.27. The lowest BCUT2D eigenvalue weighted by Gasteiger charge is -2.23. The van der Waals surface area contributed by atoms with Crippen LogP contribution in [0, 0.1) is 6.92 Å². The third-order valence-corrected chi connectivity index (χ3v) is 4.32. The quantitative estimate of drug-likeness (QED) is 0.906. The molecule has 0 bridgehead atoms. The molecule has 0 amide bonds. The van der Waals surface area contributed by atoms with Crippen LogP contribution >= 0.6 is 0 Å². The van der Waals surface area contributed by atoms with Crippen LogP contribution in [-0.2, 0) is 11.2 Å². The number of aromatic amines is 1. The Morgan fingerprint density at radius 2 is 2.38 bits per heavy atom. The minimum absolute atomic E-state index is 0.144. The zero-order valence-corrected chi connectivity index (χ0v) is 12.4. The third kappa shape index (κ3) is 2.31. The fourth-order valence-corrected chi connectivity index (χ4v) is 3.39. The van der Waals surface area contributed by atoms with Crippen LogP contribution in [0.2, 0.25) is 0 Å². The zero-order valence-electron chi connectivity index (χ0n) is 12.4. The minimum atomic E-state index is -0.971. The van der Waals surface area contributed by atoms with Gasteiger partial charge in [-0.15, -0.1) is 0 Å². The van der Waals surface area contributed by atoms with Crippen molar-refractivity contribution in [2.24, 2.45) is 0 Å². The van der Waals surface area contributed by atoms with Crippen molar-refractivity contribution in [3.8, 4) is 0 Å². The number of nitrogens with one attached hydrogen (secondary N) is 1. The number of H-pyrrole nitrogens is 1. The predicted molar refractivity (Wildman–Crippen MR) is 80.0 cm³/mol. The molecule has 3 rings (SSSR count). The number of nitrogens with zero attached hydrogens (tertiary/aromatic N) is 1. The molecule has 112 valence electrons. The molecule has 1 atom stereocenters. The van der Waals surface area contributed by atoms with Gasteiger partial charge in [0.25, 0.3) is 0 Å². The number of hydrogen-bond donors (Lipinski definition) is 2. The average Bonchev–Trinajstić information content (AvgIpc) is 2.84. The van der Waals surface area contributed by atoms with Gasteiger partial charge in [0.1, 0.15) is 0 Å². The maximum atomic E-state index is 11.3. The molecule has 1 aliphatic rings. The van der Waals surface area contributed by atoms with Gasteiger partial charge < -0.3 is 14.8 Å². The first kappa shape index (κ1) is 14.1. The number of hydrogen-bond acceptors (Lipinski definition) is 3. The molecule has 5 nitrogen and oxygen atoms in total. The van der Waals surface area contributed by atoms with Crippen LogP contribution < -0.4 is 0 Å². The van der Waals surface area contributed by atoms with Crippen molar-refractivity contribution < 1.29 is 14.6 Å². The van der Waals surface area contributed by atoms with Crippen LogP contribution in [0.4, 0.5) is 0 Å². The average molecular weight is 288 g/mol. The molecule has 1 unspecified atom stereocenters. The van der Waals surface area contributed by atoms with E-state index in [-0.39, 0.29) is 5.69 Å². The summed E-state index contributed by atoms with van der Waals surface area (Å²) in [5.74, 6) is -0.633. The van der Waals surface area contributed by atoms with Crippen molar-refractivity contribution >= 4 is 16.9 Å². The van der Waals surface area contributed by atoms with E-state index in [0.717, 1.165) is 35.7 Å². The number of aryl methyl sites for hydroxylation is 2. The van der Waals surface area contributed by atoms with Crippen LogP contribution in [0.25, 0.3) is 10.9 Å². The Morgan fingerprint density at radius 1 is 1.57 bits per heavy atom. The number of carboxylic acid groups (broad SMARTS) is 1. The fourth-order valence-electron chi connectivity index (χ4n) is 3.39. The molecule has 1 aliphatic carbocycles. The lowest BCUT2D eigenvalue weighted by atomic mass is 9.84. The van der Waals surface area contributed by atoms with Crippen LogP contribution in [0.15, 0.2) is 6.20 Å². The van der Waals surface area contributed by atoms with E-state index in [9.17, 15) is 9.90 Å². The molecular formula is C16H20N2O3. The monoisotopic (exact) mass is 288 g/mol. The Hall–Kier alpha value is -1.88. The highest BCUT2D eigenvalue weighted by Crippen LogP contribution is 2.39. The second kappa shape index (κ2) is 5.48. The number of ether oxygens (including phenoxy) is 1. The maximum absolute atomic E-state index is 11.3. The highest BCUT2D eigenvalue weighted by atomic mass is 16.5. The molecule has 2 aromatic heterocycles. The van der Waals surface area contributed by atoms with E-state index in [2.05, 4.69) is 9.97 Å². The van der Waals surface area contributed by atoms with E-state index in [1.807, 2.05) is 13.8 Å². The summed E-state index contributed by atoms with van der Waals surface area (Å²) in [5, 5.41) is 10.3. The number of aromatic nitrogens is 2. The molecule has 21 heavy (non-hydrogen) atoms. The number of carboxylic acids is 1. The second-order valence-corrected chi connectivity index (χ2v) is 5.59. The highest BCUT2D eigenvalue weighted by molar-refractivity contribution is 5.96. The molecule has 0 spiro atoms. The lowest BCUT2D eigenvalue weighted by Crippen LogP contribution is -2.15. The van der Waals surface area contributed by atoms with E-state index in [4.69, 9.17) is 4.74 Å². The van der Waals surface area contributed by atoms with Gasteiger partial charge in [0, 0.05) is 23.6 Å². The molecule has 2 aromatic rings. The normalized spacial score (nSPS) is 17.9. The Morgan fingerprint density at radius 3 is 3.10 bits per heavy atom. The van der Waals surface area contributed by atoms with Crippen LogP contribution in [0.3, 0.4) is 0 Å². The van der Waals surface area contributed by atoms with Gasteiger partial charge in [-0.25, -0.2) is 9.78 Å². The van der Waals surface area contributed by atoms with Crippen molar-refractivity contribution in [3.05, 3.63) is 28.7 Å². The maximum Gasteiger partial charge on any atom is 0.354 e. The summed E-state index contributed by atoms with van der Waals surface area (Å²) in [5.41, 5.74) is 4.29. The zero-order chi connectivity index (χ0) is 15.0. The third-order valence-electron chi connectivity index (χ3n) is 4.32. The summed E-state index contributed by atoms with van der Waals surface area (Å²) in [6, 6.07) is 0. The number of rotatable bonds is 4. The predicted octanol–water partition coefficient (Wildman–Crippen LogP) is 3.03. The summed E-state index contributed by atoms with van der Waals surface area (Å²) in [4.78, 5) is 18.8. The van der Waals surface area contributed by atoms with E-state index < -0.39 is 5.97 Å². The first-order chi connectivity index (χ1) is 10.1. The fraction of sp³-hybridized carbons (Fsp3) is 0.500. The molecule has 0 saturated carbocycles. The Kier molecular flexibility index (Phi) is 3.68. The van der Waals surface area contributed by atoms with Gasteiger partial charge in [-0.3, -0.25) is 0 Å². The van der Waals surface area contributed by atoms with Crippen molar-refractivity contribution in [2.75, 3.05) is 13.2 Å². The number of pyridine rings is 1. The number of aromatic carboxylic acids is 1. The van der Waals surface area contributed by atoms with Gasteiger partial charge in [0.05, 0.1) is 18.3 Å². The van der Waals surface area contributed by atoms with Gasteiger partial charge in [-0.1, -0.05) is 0 Å².